The third-order valence-electron chi connectivity index (χ3n) is 6.56. The highest BCUT2D eigenvalue weighted by molar-refractivity contribution is 6.00. The van der Waals surface area contributed by atoms with Crippen molar-refractivity contribution in [2.75, 3.05) is 0 Å². The molecular formula is C25H30O. The van der Waals surface area contributed by atoms with Crippen molar-refractivity contribution in [1.82, 2.24) is 0 Å². The van der Waals surface area contributed by atoms with Gasteiger partial charge >= 0.3 is 0 Å². The fraction of sp³-hybridized carbons (Fsp3) is 0.480. The molecule has 2 aliphatic rings. The lowest BCUT2D eigenvalue weighted by atomic mass is 9.70. The van der Waals surface area contributed by atoms with E-state index in [9.17, 15) is 4.79 Å². The number of rotatable bonds is 6. The second-order valence-corrected chi connectivity index (χ2v) is 8.17. The Morgan fingerprint density at radius 1 is 0.846 bits per heavy atom. The SMILES string of the molecule is CCCCC1(CCCC)c2ccccc2-c2cc3c(cc21)C(=O)CCC3. The number of aryl methyl sites for hydroxylation is 1. The second-order valence-electron chi connectivity index (χ2n) is 8.17. The predicted molar refractivity (Wildman–Crippen MR) is 109 cm³/mol. The lowest BCUT2D eigenvalue weighted by Crippen LogP contribution is -2.26. The molecule has 0 heterocycles. The van der Waals surface area contributed by atoms with Crippen LogP contribution < -0.4 is 0 Å². The average molecular weight is 347 g/mol. The molecule has 1 nitrogen and oxygen atoms in total. The van der Waals surface area contributed by atoms with Crippen molar-refractivity contribution in [2.24, 2.45) is 0 Å². The molecular weight excluding hydrogens is 316 g/mol. The van der Waals surface area contributed by atoms with Crippen molar-refractivity contribution in [3.05, 3.63) is 58.7 Å². The Hall–Kier alpha value is -1.89. The van der Waals surface area contributed by atoms with Crippen LogP contribution in [0.2, 0.25) is 0 Å². The van der Waals surface area contributed by atoms with Gasteiger partial charge in [-0.25, -0.2) is 0 Å². The Kier molecular flexibility index (Phi) is 4.73. The lowest BCUT2D eigenvalue weighted by Gasteiger charge is -2.33. The number of unbranched alkanes of at least 4 members (excludes halogenated alkanes) is 2. The summed E-state index contributed by atoms with van der Waals surface area (Å²) in [5.74, 6) is 0.352. The molecule has 0 saturated heterocycles. The van der Waals surface area contributed by atoms with Crippen LogP contribution in [0.1, 0.15) is 92.3 Å². The zero-order valence-electron chi connectivity index (χ0n) is 16.2. The number of ketones is 1. The first-order valence-corrected chi connectivity index (χ1v) is 10.5. The maximum atomic E-state index is 12.6. The molecule has 2 aromatic carbocycles. The molecule has 0 N–H and O–H groups in total. The maximum Gasteiger partial charge on any atom is 0.163 e. The third-order valence-corrected chi connectivity index (χ3v) is 6.56. The number of Topliss-reactive ketones (excluding diaryl/α,β-unsaturated/α-hetero) is 1. The van der Waals surface area contributed by atoms with Gasteiger partial charge in [-0.15, -0.1) is 0 Å². The van der Waals surface area contributed by atoms with E-state index < -0.39 is 0 Å². The van der Waals surface area contributed by atoms with Crippen LogP contribution in [0.25, 0.3) is 11.1 Å². The van der Waals surface area contributed by atoms with Crippen molar-refractivity contribution in [3.63, 3.8) is 0 Å². The van der Waals surface area contributed by atoms with Gasteiger partial charge in [0.15, 0.2) is 5.78 Å². The highest BCUT2D eigenvalue weighted by Crippen LogP contribution is 2.54. The first-order valence-electron chi connectivity index (χ1n) is 10.5. The Morgan fingerprint density at radius 2 is 1.58 bits per heavy atom. The third kappa shape index (κ3) is 2.64. The van der Waals surface area contributed by atoms with Crippen LogP contribution in [-0.2, 0) is 11.8 Å². The second kappa shape index (κ2) is 7.02. The zero-order valence-corrected chi connectivity index (χ0v) is 16.2. The predicted octanol–water partition coefficient (Wildman–Crippen LogP) is 6.85. The van der Waals surface area contributed by atoms with E-state index in [0.717, 1.165) is 24.8 Å². The number of hydrogen-bond donors (Lipinski definition) is 0. The van der Waals surface area contributed by atoms with Gasteiger partial charge in [0.1, 0.15) is 0 Å². The summed E-state index contributed by atoms with van der Waals surface area (Å²) in [5.41, 5.74) is 8.15. The fourth-order valence-electron chi connectivity index (χ4n) is 5.20. The van der Waals surface area contributed by atoms with Crippen molar-refractivity contribution in [1.29, 1.82) is 0 Å². The van der Waals surface area contributed by atoms with Crippen LogP contribution in [0, 0.1) is 0 Å². The molecule has 0 saturated carbocycles. The van der Waals surface area contributed by atoms with Crippen LogP contribution in [0.15, 0.2) is 36.4 Å². The molecule has 0 aromatic heterocycles. The van der Waals surface area contributed by atoms with Gasteiger partial charge in [-0.3, -0.25) is 4.79 Å². The highest BCUT2D eigenvalue weighted by Gasteiger charge is 2.42. The first kappa shape index (κ1) is 17.5. The number of fused-ring (bicyclic) bond motifs is 4. The van der Waals surface area contributed by atoms with E-state index in [1.54, 1.807) is 0 Å². The molecule has 0 unspecified atom stereocenters. The average Bonchev–Trinajstić information content (AvgIpc) is 2.94. The topological polar surface area (TPSA) is 17.1 Å². The Bertz CT molecular complexity index is 822. The smallest absolute Gasteiger partial charge is 0.163 e. The van der Waals surface area contributed by atoms with Crippen LogP contribution in [0.5, 0.6) is 0 Å². The molecule has 0 fully saturated rings. The lowest BCUT2D eigenvalue weighted by molar-refractivity contribution is 0.0972. The van der Waals surface area contributed by atoms with Gasteiger partial charge in [-0.1, -0.05) is 69.9 Å². The first-order chi connectivity index (χ1) is 12.7. The highest BCUT2D eigenvalue weighted by atomic mass is 16.1. The minimum absolute atomic E-state index is 0.102. The van der Waals surface area contributed by atoms with E-state index >= 15 is 0 Å². The van der Waals surface area contributed by atoms with Crippen molar-refractivity contribution >= 4 is 5.78 Å². The molecule has 2 aliphatic carbocycles. The van der Waals surface area contributed by atoms with E-state index in [2.05, 4.69) is 50.2 Å². The van der Waals surface area contributed by atoms with E-state index in [-0.39, 0.29) is 5.41 Å². The van der Waals surface area contributed by atoms with Gasteiger partial charge in [0, 0.05) is 17.4 Å². The molecule has 0 aliphatic heterocycles. The van der Waals surface area contributed by atoms with Gasteiger partial charge in [0.2, 0.25) is 0 Å². The molecule has 26 heavy (non-hydrogen) atoms. The Labute approximate surface area is 157 Å². The van der Waals surface area contributed by atoms with E-state index in [0.29, 0.717) is 5.78 Å². The van der Waals surface area contributed by atoms with Gasteiger partial charge in [-0.2, -0.15) is 0 Å². The molecule has 0 atom stereocenters. The number of carbonyl (C=O) groups excluding carboxylic acids is 1. The van der Waals surface area contributed by atoms with E-state index in [1.165, 1.54) is 66.3 Å². The van der Waals surface area contributed by atoms with Gasteiger partial charge in [0.05, 0.1) is 0 Å². The summed E-state index contributed by atoms with van der Waals surface area (Å²) in [5, 5.41) is 0. The summed E-state index contributed by atoms with van der Waals surface area (Å²) in [6.45, 7) is 4.57. The summed E-state index contributed by atoms with van der Waals surface area (Å²) >= 11 is 0. The van der Waals surface area contributed by atoms with Gasteiger partial charge in [0.25, 0.3) is 0 Å². The minimum Gasteiger partial charge on any atom is -0.294 e. The Balaban J connectivity index is 1.95. The number of carbonyl (C=O) groups is 1. The van der Waals surface area contributed by atoms with Crippen molar-refractivity contribution in [2.45, 2.75) is 77.0 Å². The molecule has 1 heteroatoms. The Morgan fingerprint density at radius 3 is 2.31 bits per heavy atom. The summed E-state index contributed by atoms with van der Waals surface area (Å²) in [4.78, 5) is 12.6. The molecule has 4 rings (SSSR count). The van der Waals surface area contributed by atoms with Crippen LogP contribution >= 0.6 is 0 Å². The van der Waals surface area contributed by atoms with E-state index in [4.69, 9.17) is 0 Å². The fourth-order valence-corrected chi connectivity index (χ4v) is 5.20. The number of benzene rings is 2. The van der Waals surface area contributed by atoms with Crippen molar-refractivity contribution in [3.8, 4) is 11.1 Å². The maximum absolute atomic E-state index is 12.6. The monoisotopic (exact) mass is 346 g/mol. The number of hydrogen-bond acceptors (Lipinski definition) is 1. The van der Waals surface area contributed by atoms with Gasteiger partial charge in [-0.05, 0) is 59.6 Å². The van der Waals surface area contributed by atoms with Gasteiger partial charge < -0.3 is 0 Å². The zero-order chi connectivity index (χ0) is 18.1. The van der Waals surface area contributed by atoms with Crippen molar-refractivity contribution < 1.29 is 4.79 Å². The van der Waals surface area contributed by atoms with E-state index in [1.807, 2.05) is 0 Å². The molecule has 0 spiro atoms. The molecule has 2 aromatic rings. The molecule has 136 valence electrons. The van der Waals surface area contributed by atoms with Crippen LogP contribution in [-0.4, -0.2) is 5.78 Å². The molecule has 0 radical (unpaired) electrons. The largest absolute Gasteiger partial charge is 0.294 e. The summed E-state index contributed by atoms with van der Waals surface area (Å²) in [6, 6.07) is 13.7. The van der Waals surface area contributed by atoms with Crippen LogP contribution in [0.4, 0.5) is 0 Å². The molecule has 0 bridgehead atoms. The normalized spacial score (nSPS) is 16.9. The summed E-state index contributed by atoms with van der Waals surface area (Å²) < 4.78 is 0. The summed E-state index contributed by atoms with van der Waals surface area (Å²) in [6.07, 6.45) is 10.1. The minimum atomic E-state index is 0.102. The quantitative estimate of drug-likeness (QED) is 0.559. The standard InChI is InChI=1S/C25H30O/c1-3-5-14-25(15-6-4-2)22-12-8-7-11-19(22)21-16-18-10-9-13-24(26)20(18)17-23(21)25/h7-8,11-12,16-17H,3-6,9-10,13-15H2,1-2H3. The van der Waals surface area contributed by atoms with Crippen LogP contribution in [0.3, 0.4) is 0 Å². The molecule has 0 amide bonds. The summed E-state index contributed by atoms with van der Waals surface area (Å²) in [7, 11) is 0.